The van der Waals surface area contributed by atoms with Crippen molar-refractivity contribution in [2.75, 3.05) is 0 Å². The van der Waals surface area contributed by atoms with E-state index in [-0.39, 0.29) is 5.75 Å². The van der Waals surface area contributed by atoms with E-state index in [1.54, 1.807) is 24.6 Å². The molecule has 0 saturated heterocycles. The van der Waals surface area contributed by atoms with Crippen molar-refractivity contribution in [1.29, 1.82) is 0 Å². The lowest BCUT2D eigenvalue weighted by Gasteiger charge is -1.99. The molecule has 1 aromatic carbocycles. The van der Waals surface area contributed by atoms with Crippen LogP contribution in [0.3, 0.4) is 0 Å². The summed E-state index contributed by atoms with van der Waals surface area (Å²) in [4.78, 5) is 4.17. The number of furan rings is 1. The molecule has 3 nitrogen and oxygen atoms in total. The molecule has 0 atom stereocenters. The van der Waals surface area contributed by atoms with Gasteiger partial charge in [-0.2, -0.15) is 0 Å². The van der Waals surface area contributed by atoms with Crippen molar-refractivity contribution in [1.82, 2.24) is 4.98 Å². The minimum atomic E-state index is 0.181. The molecule has 0 aliphatic rings. The number of phenols is 1. The monoisotopic (exact) mass is 185 g/mol. The van der Waals surface area contributed by atoms with Gasteiger partial charge in [-0.1, -0.05) is 6.07 Å². The van der Waals surface area contributed by atoms with Gasteiger partial charge in [0.05, 0.1) is 6.26 Å². The maximum atomic E-state index is 9.56. The fourth-order valence-corrected chi connectivity index (χ4v) is 1.62. The number of aromatic nitrogens is 1. The molecular formula is C11H7NO2. The Balaban J connectivity index is 2.64. The lowest BCUT2D eigenvalue weighted by molar-refractivity contribution is 0.480. The molecule has 0 fully saturated rings. The first-order valence-electron chi connectivity index (χ1n) is 4.30. The van der Waals surface area contributed by atoms with Gasteiger partial charge in [-0.3, -0.25) is 4.98 Å². The van der Waals surface area contributed by atoms with Crippen LogP contribution in [0.25, 0.3) is 21.9 Å². The molecule has 0 spiro atoms. The zero-order valence-corrected chi connectivity index (χ0v) is 7.27. The number of rotatable bonds is 0. The van der Waals surface area contributed by atoms with Crippen LogP contribution in [-0.2, 0) is 0 Å². The molecule has 1 N–H and O–H groups in total. The van der Waals surface area contributed by atoms with Crippen molar-refractivity contribution in [2.45, 2.75) is 0 Å². The van der Waals surface area contributed by atoms with E-state index in [1.165, 1.54) is 0 Å². The molecule has 0 aliphatic heterocycles. The van der Waals surface area contributed by atoms with Crippen LogP contribution in [0.15, 0.2) is 41.1 Å². The van der Waals surface area contributed by atoms with E-state index in [4.69, 9.17) is 4.42 Å². The predicted octanol–water partition coefficient (Wildman–Crippen LogP) is 2.69. The second-order valence-electron chi connectivity index (χ2n) is 3.14. The van der Waals surface area contributed by atoms with Gasteiger partial charge in [-0.05, 0) is 18.2 Å². The Morgan fingerprint density at radius 2 is 2.14 bits per heavy atom. The summed E-state index contributed by atoms with van der Waals surface area (Å²) in [5, 5.41) is 11.4. The fraction of sp³-hybridized carbons (Fsp3) is 0. The van der Waals surface area contributed by atoms with Crippen molar-refractivity contribution in [3.05, 3.63) is 36.7 Å². The molecule has 3 heteroatoms. The van der Waals surface area contributed by atoms with Crippen LogP contribution in [0.2, 0.25) is 0 Å². The van der Waals surface area contributed by atoms with Crippen LogP contribution in [0.4, 0.5) is 0 Å². The summed E-state index contributed by atoms with van der Waals surface area (Å²) in [5.41, 5.74) is 1.35. The van der Waals surface area contributed by atoms with Gasteiger partial charge in [0, 0.05) is 17.0 Å². The highest BCUT2D eigenvalue weighted by molar-refractivity contribution is 6.03. The Hall–Kier alpha value is -2.03. The zero-order chi connectivity index (χ0) is 9.54. The molecule has 0 bridgehead atoms. The van der Waals surface area contributed by atoms with Crippen LogP contribution in [0.1, 0.15) is 0 Å². The third kappa shape index (κ3) is 0.836. The van der Waals surface area contributed by atoms with Crippen LogP contribution in [0.5, 0.6) is 5.75 Å². The van der Waals surface area contributed by atoms with Crippen molar-refractivity contribution < 1.29 is 9.52 Å². The van der Waals surface area contributed by atoms with Crippen molar-refractivity contribution in [3.63, 3.8) is 0 Å². The number of hydrogen-bond donors (Lipinski definition) is 1. The van der Waals surface area contributed by atoms with E-state index < -0.39 is 0 Å². The zero-order valence-electron chi connectivity index (χ0n) is 7.27. The van der Waals surface area contributed by atoms with E-state index >= 15 is 0 Å². The topological polar surface area (TPSA) is 46.3 Å². The van der Waals surface area contributed by atoms with Gasteiger partial charge < -0.3 is 9.52 Å². The fourth-order valence-electron chi connectivity index (χ4n) is 1.62. The Kier molecular flexibility index (Phi) is 1.31. The number of phenolic OH excluding ortho intramolecular Hbond substituents is 1. The first kappa shape index (κ1) is 7.38. The lowest BCUT2D eigenvalue weighted by atomic mass is 10.2. The minimum Gasteiger partial charge on any atom is -0.506 e. The summed E-state index contributed by atoms with van der Waals surface area (Å²) in [6, 6.07) is 7.13. The van der Waals surface area contributed by atoms with E-state index in [0.717, 1.165) is 16.4 Å². The maximum absolute atomic E-state index is 9.56. The third-order valence-electron chi connectivity index (χ3n) is 2.29. The highest BCUT2D eigenvalue weighted by atomic mass is 16.3. The summed E-state index contributed by atoms with van der Waals surface area (Å²) < 4.78 is 5.34. The average molecular weight is 185 g/mol. The second kappa shape index (κ2) is 2.48. The largest absolute Gasteiger partial charge is 0.506 e. The van der Waals surface area contributed by atoms with E-state index in [2.05, 4.69) is 4.98 Å². The van der Waals surface area contributed by atoms with Gasteiger partial charge in [0.25, 0.3) is 0 Å². The standard InChI is InChI=1S/C11H7NO2/c13-9-3-1-2-8-10(9)12-6-7-4-5-14-11(7)8/h1-6,13H. The first-order valence-corrected chi connectivity index (χ1v) is 4.30. The number of pyridine rings is 1. The normalized spacial score (nSPS) is 11.1. The molecule has 3 aromatic rings. The van der Waals surface area contributed by atoms with E-state index in [9.17, 15) is 5.11 Å². The van der Waals surface area contributed by atoms with E-state index in [0.29, 0.717) is 5.52 Å². The molecule has 0 saturated carbocycles. The van der Waals surface area contributed by atoms with Gasteiger partial charge in [0.1, 0.15) is 16.8 Å². The molecule has 0 unspecified atom stereocenters. The lowest BCUT2D eigenvalue weighted by Crippen LogP contribution is -1.79. The first-order chi connectivity index (χ1) is 6.86. The summed E-state index contributed by atoms with van der Waals surface area (Å²) >= 11 is 0. The number of nitrogens with zero attached hydrogens (tertiary/aromatic N) is 1. The van der Waals surface area contributed by atoms with Gasteiger partial charge in [0.15, 0.2) is 0 Å². The summed E-state index contributed by atoms with van der Waals surface area (Å²) in [7, 11) is 0. The summed E-state index contributed by atoms with van der Waals surface area (Å²) in [6.45, 7) is 0. The summed E-state index contributed by atoms with van der Waals surface area (Å²) in [5.74, 6) is 0.181. The minimum absolute atomic E-state index is 0.181. The number of fused-ring (bicyclic) bond motifs is 3. The SMILES string of the molecule is Oc1cccc2c1ncc1ccoc12. The molecule has 14 heavy (non-hydrogen) atoms. The van der Waals surface area contributed by atoms with Gasteiger partial charge in [-0.15, -0.1) is 0 Å². The quantitative estimate of drug-likeness (QED) is 0.585. The molecule has 0 radical (unpaired) electrons. The molecule has 0 aliphatic carbocycles. The number of aromatic hydroxyl groups is 1. The number of benzene rings is 1. The molecule has 68 valence electrons. The van der Waals surface area contributed by atoms with Gasteiger partial charge in [-0.25, -0.2) is 0 Å². The molecule has 2 aromatic heterocycles. The summed E-state index contributed by atoms with van der Waals surface area (Å²) in [6.07, 6.45) is 3.32. The maximum Gasteiger partial charge on any atom is 0.144 e. The van der Waals surface area contributed by atoms with Crippen LogP contribution < -0.4 is 0 Å². The van der Waals surface area contributed by atoms with Crippen LogP contribution in [0, 0.1) is 0 Å². The number of hydrogen-bond acceptors (Lipinski definition) is 3. The Morgan fingerprint density at radius 3 is 3.07 bits per heavy atom. The van der Waals surface area contributed by atoms with Gasteiger partial charge in [0.2, 0.25) is 0 Å². The van der Waals surface area contributed by atoms with E-state index in [1.807, 2.05) is 12.1 Å². The van der Waals surface area contributed by atoms with Crippen molar-refractivity contribution in [3.8, 4) is 5.75 Å². The van der Waals surface area contributed by atoms with Gasteiger partial charge >= 0.3 is 0 Å². The highest BCUT2D eigenvalue weighted by Crippen LogP contribution is 2.28. The second-order valence-corrected chi connectivity index (χ2v) is 3.14. The Morgan fingerprint density at radius 1 is 1.21 bits per heavy atom. The van der Waals surface area contributed by atoms with Crippen LogP contribution in [-0.4, -0.2) is 10.1 Å². The highest BCUT2D eigenvalue weighted by Gasteiger charge is 2.06. The van der Waals surface area contributed by atoms with Crippen molar-refractivity contribution >= 4 is 21.9 Å². The predicted molar refractivity (Wildman–Crippen MR) is 53.2 cm³/mol. The van der Waals surface area contributed by atoms with Crippen molar-refractivity contribution in [2.24, 2.45) is 0 Å². The smallest absolute Gasteiger partial charge is 0.144 e. The van der Waals surface area contributed by atoms with Crippen LogP contribution >= 0.6 is 0 Å². The number of para-hydroxylation sites is 1. The molecule has 2 heterocycles. The molecule has 0 amide bonds. The third-order valence-corrected chi connectivity index (χ3v) is 2.29. The average Bonchev–Trinajstić information content (AvgIpc) is 2.66. The Bertz CT molecular complexity index is 613. The molecule has 3 rings (SSSR count). The molecular weight excluding hydrogens is 178 g/mol. The Labute approximate surface area is 79.6 Å².